The quantitative estimate of drug-likeness (QED) is 0.493. The van der Waals surface area contributed by atoms with Gasteiger partial charge >= 0.3 is 5.97 Å². The monoisotopic (exact) mass is 319 g/mol. The summed E-state index contributed by atoms with van der Waals surface area (Å²) in [6.07, 6.45) is 1.53. The van der Waals surface area contributed by atoms with Crippen molar-refractivity contribution in [3.05, 3.63) is 35.9 Å². The highest BCUT2D eigenvalue weighted by molar-refractivity contribution is 5.86. The maximum atomic E-state index is 11.3. The number of anilines is 2. The SMILES string of the molecule is C=C(C)C(=O)OCCCc1ccc2c(c1)N(C(C)(C)C)N(O)N2. The van der Waals surface area contributed by atoms with Crippen molar-refractivity contribution in [3.8, 4) is 0 Å². The minimum atomic E-state index is -0.349. The Morgan fingerprint density at radius 3 is 2.70 bits per heavy atom. The van der Waals surface area contributed by atoms with Crippen molar-refractivity contribution in [2.45, 2.75) is 46.1 Å². The highest BCUT2D eigenvalue weighted by Gasteiger charge is 2.34. The highest BCUT2D eigenvalue weighted by atomic mass is 16.6. The number of benzene rings is 1. The van der Waals surface area contributed by atoms with Crippen LogP contribution in [0.2, 0.25) is 0 Å². The number of ether oxygens (including phenoxy) is 1. The van der Waals surface area contributed by atoms with Crippen LogP contribution in [-0.2, 0) is 16.0 Å². The third-order valence-corrected chi connectivity index (χ3v) is 3.53. The number of hydrazine groups is 2. The van der Waals surface area contributed by atoms with Crippen LogP contribution in [0, 0.1) is 0 Å². The van der Waals surface area contributed by atoms with Gasteiger partial charge in [0.2, 0.25) is 0 Å². The summed E-state index contributed by atoms with van der Waals surface area (Å²) in [6.45, 7) is 11.6. The van der Waals surface area contributed by atoms with Gasteiger partial charge in [0.15, 0.2) is 0 Å². The standard InChI is InChI=1S/C17H25N3O3/c1-12(2)16(21)23-10-6-7-13-8-9-14-15(11-13)19(17(3,4)5)20(22)18-14/h8-9,11,18,22H,1,6-7,10H2,2-5H3. The third-order valence-electron chi connectivity index (χ3n) is 3.53. The number of nitrogens with zero attached hydrogens (tertiary/aromatic N) is 2. The van der Waals surface area contributed by atoms with Crippen LogP contribution >= 0.6 is 0 Å². The molecule has 0 unspecified atom stereocenters. The molecule has 0 bridgehead atoms. The molecule has 1 aromatic carbocycles. The molecule has 0 spiro atoms. The van der Waals surface area contributed by atoms with E-state index in [9.17, 15) is 10.0 Å². The van der Waals surface area contributed by atoms with Crippen molar-refractivity contribution < 1.29 is 14.7 Å². The van der Waals surface area contributed by atoms with E-state index < -0.39 is 0 Å². The molecule has 6 nitrogen and oxygen atoms in total. The lowest BCUT2D eigenvalue weighted by atomic mass is 10.0. The fourth-order valence-electron chi connectivity index (χ4n) is 2.47. The first-order valence-corrected chi connectivity index (χ1v) is 7.71. The number of fused-ring (bicyclic) bond motifs is 1. The maximum Gasteiger partial charge on any atom is 0.333 e. The second-order valence-electron chi connectivity index (χ2n) is 6.76. The van der Waals surface area contributed by atoms with E-state index in [0.29, 0.717) is 12.2 Å². The van der Waals surface area contributed by atoms with Crippen LogP contribution in [0.3, 0.4) is 0 Å². The molecule has 0 aromatic heterocycles. The zero-order chi connectivity index (χ0) is 17.2. The average Bonchev–Trinajstić information content (AvgIpc) is 2.78. The molecular weight excluding hydrogens is 294 g/mol. The molecule has 126 valence electrons. The fourth-order valence-corrected chi connectivity index (χ4v) is 2.47. The molecule has 1 aliphatic rings. The molecule has 0 aliphatic carbocycles. The molecule has 2 N–H and O–H groups in total. The van der Waals surface area contributed by atoms with Crippen molar-refractivity contribution in [1.29, 1.82) is 0 Å². The summed E-state index contributed by atoms with van der Waals surface area (Å²) in [6, 6.07) is 6.00. The summed E-state index contributed by atoms with van der Waals surface area (Å²) in [7, 11) is 0. The zero-order valence-corrected chi connectivity index (χ0v) is 14.2. The van der Waals surface area contributed by atoms with Gasteiger partial charge in [-0.1, -0.05) is 12.6 Å². The van der Waals surface area contributed by atoms with Crippen molar-refractivity contribution >= 4 is 17.3 Å². The van der Waals surface area contributed by atoms with Crippen LogP contribution in [-0.4, -0.2) is 28.6 Å². The lowest BCUT2D eigenvalue weighted by molar-refractivity contribution is -0.139. The predicted molar refractivity (Wildman–Crippen MR) is 90.0 cm³/mol. The summed E-state index contributed by atoms with van der Waals surface area (Å²) in [5.41, 5.74) is 5.98. The smallest absolute Gasteiger partial charge is 0.333 e. The Hall–Kier alpha value is -2.05. The molecule has 23 heavy (non-hydrogen) atoms. The first-order chi connectivity index (χ1) is 10.7. The summed E-state index contributed by atoms with van der Waals surface area (Å²) in [4.78, 5) is 11.3. The van der Waals surface area contributed by atoms with E-state index in [1.165, 1.54) is 0 Å². The van der Waals surface area contributed by atoms with E-state index in [1.807, 2.05) is 39.0 Å². The molecule has 1 aliphatic heterocycles. The molecule has 0 fully saturated rings. The van der Waals surface area contributed by atoms with Gasteiger partial charge in [0.25, 0.3) is 0 Å². The van der Waals surface area contributed by atoms with Crippen molar-refractivity contribution in [2.75, 3.05) is 17.0 Å². The second-order valence-corrected chi connectivity index (χ2v) is 6.76. The fraction of sp³-hybridized carbons (Fsp3) is 0.471. The molecule has 1 aromatic rings. The summed E-state index contributed by atoms with van der Waals surface area (Å²) >= 11 is 0. The normalized spacial score (nSPS) is 14.4. The molecule has 0 radical (unpaired) electrons. The van der Waals surface area contributed by atoms with Gasteiger partial charge in [-0.3, -0.25) is 15.6 Å². The molecule has 0 atom stereocenters. The van der Waals surface area contributed by atoms with Gasteiger partial charge < -0.3 is 4.74 Å². The number of carbonyl (C=O) groups is 1. The predicted octanol–water partition coefficient (Wildman–Crippen LogP) is 3.29. The van der Waals surface area contributed by atoms with Gasteiger partial charge in [-0.2, -0.15) is 0 Å². The second kappa shape index (κ2) is 6.60. The van der Waals surface area contributed by atoms with E-state index in [2.05, 4.69) is 12.0 Å². The van der Waals surface area contributed by atoms with Gasteiger partial charge in [0.05, 0.1) is 23.5 Å². The lowest BCUT2D eigenvalue weighted by Crippen LogP contribution is -2.50. The van der Waals surface area contributed by atoms with Crippen LogP contribution in [0.25, 0.3) is 0 Å². The Morgan fingerprint density at radius 1 is 1.39 bits per heavy atom. The van der Waals surface area contributed by atoms with Gasteiger partial charge in [0.1, 0.15) is 0 Å². The number of rotatable bonds is 5. The van der Waals surface area contributed by atoms with Crippen molar-refractivity contribution in [3.63, 3.8) is 0 Å². The number of aryl methyl sites for hydroxylation is 1. The number of hydrogen-bond donors (Lipinski definition) is 2. The van der Waals surface area contributed by atoms with Gasteiger partial charge in [0, 0.05) is 5.57 Å². The highest BCUT2D eigenvalue weighted by Crippen LogP contribution is 2.38. The van der Waals surface area contributed by atoms with E-state index in [-0.39, 0.29) is 11.5 Å². The lowest BCUT2D eigenvalue weighted by Gasteiger charge is -2.36. The molecule has 0 saturated heterocycles. The number of esters is 1. The number of nitrogens with one attached hydrogen (secondary N) is 1. The molecule has 2 rings (SSSR count). The van der Waals surface area contributed by atoms with Crippen LogP contribution in [0.4, 0.5) is 11.4 Å². The first kappa shape index (κ1) is 17.3. The summed E-state index contributed by atoms with van der Waals surface area (Å²) in [5, 5.41) is 12.9. The third kappa shape index (κ3) is 4.03. The Kier molecular flexibility index (Phi) is 4.97. The first-order valence-electron chi connectivity index (χ1n) is 7.71. The molecule has 6 heteroatoms. The minimum Gasteiger partial charge on any atom is -0.462 e. The van der Waals surface area contributed by atoms with E-state index in [0.717, 1.165) is 35.1 Å². The minimum absolute atomic E-state index is 0.261. The van der Waals surface area contributed by atoms with Crippen molar-refractivity contribution in [2.24, 2.45) is 0 Å². The van der Waals surface area contributed by atoms with Gasteiger partial charge in [-0.25, -0.2) is 4.79 Å². The largest absolute Gasteiger partial charge is 0.462 e. The maximum absolute atomic E-state index is 11.3. The van der Waals surface area contributed by atoms with Crippen LogP contribution in [0.1, 0.15) is 39.7 Å². The van der Waals surface area contributed by atoms with Gasteiger partial charge in [-0.15, -0.1) is 0 Å². The van der Waals surface area contributed by atoms with E-state index in [1.54, 1.807) is 11.9 Å². The van der Waals surface area contributed by atoms with Crippen LogP contribution < -0.4 is 10.4 Å². The Morgan fingerprint density at radius 2 is 2.09 bits per heavy atom. The topological polar surface area (TPSA) is 65.0 Å². The Bertz CT molecular complexity index is 608. The zero-order valence-electron chi connectivity index (χ0n) is 14.2. The molecule has 1 heterocycles. The molecular formula is C17H25N3O3. The number of hydrogen-bond acceptors (Lipinski definition) is 6. The van der Waals surface area contributed by atoms with Gasteiger partial charge in [-0.05, 0) is 63.5 Å². The summed E-state index contributed by atoms with van der Waals surface area (Å²) < 4.78 is 5.10. The van der Waals surface area contributed by atoms with E-state index >= 15 is 0 Å². The van der Waals surface area contributed by atoms with Crippen molar-refractivity contribution in [1.82, 2.24) is 5.28 Å². The van der Waals surface area contributed by atoms with E-state index in [4.69, 9.17) is 4.74 Å². The van der Waals surface area contributed by atoms with Crippen LogP contribution in [0.5, 0.6) is 0 Å². The molecule has 0 saturated carbocycles. The Labute approximate surface area is 137 Å². The van der Waals surface area contributed by atoms with Crippen LogP contribution in [0.15, 0.2) is 30.4 Å². The average molecular weight is 319 g/mol. The number of carbonyl (C=O) groups excluding carboxylic acids is 1. The molecule has 0 amide bonds. The summed E-state index contributed by atoms with van der Waals surface area (Å²) in [5.74, 6) is -0.349. The Balaban J connectivity index is 2.00.